The molecule has 0 saturated carbocycles. The molecular weight excluding hydrogens is 381 g/mol. The lowest BCUT2D eigenvalue weighted by Crippen LogP contribution is -2.26. The van der Waals surface area contributed by atoms with E-state index in [4.69, 9.17) is 0 Å². The monoisotopic (exact) mass is 403 g/mol. The van der Waals surface area contributed by atoms with Gasteiger partial charge in [0.25, 0.3) is 5.91 Å². The first-order chi connectivity index (χ1) is 11.3. The van der Waals surface area contributed by atoms with Gasteiger partial charge in [0.05, 0.1) is 0 Å². The molecule has 1 aliphatic heterocycles. The van der Waals surface area contributed by atoms with E-state index < -0.39 is 0 Å². The normalized spacial score (nSPS) is 15.9. The Hall–Kier alpha value is -1.28. The van der Waals surface area contributed by atoms with Crippen LogP contribution in [0.3, 0.4) is 0 Å². The number of aromatic nitrogens is 3. The first-order valence-corrected chi connectivity index (χ1v) is 8.86. The molecule has 0 bridgehead atoms. The van der Waals surface area contributed by atoms with Gasteiger partial charge in [-0.3, -0.25) is 9.89 Å². The fraction of sp³-hybridized carbons (Fsp3) is 0.438. The van der Waals surface area contributed by atoms with Gasteiger partial charge in [-0.25, -0.2) is 4.98 Å². The third kappa shape index (κ3) is 6.86. The molecular formula is C16H23Cl2N5OS. The van der Waals surface area contributed by atoms with Gasteiger partial charge in [-0.2, -0.15) is 5.10 Å². The fourth-order valence-electron chi connectivity index (χ4n) is 2.62. The van der Waals surface area contributed by atoms with Gasteiger partial charge in [0.2, 0.25) is 0 Å². The molecule has 6 nitrogen and oxygen atoms in total. The van der Waals surface area contributed by atoms with Crippen LogP contribution in [0.1, 0.15) is 28.8 Å². The zero-order chi connectivity index (χ0) is 15.9. The van der Waals surface area contributed by atoms with E-state index in [1.165, 1.54) is 12.7 Å². The number of nitrogens with one attached hydrogen (secondary N) is 3. The van der Waals surface area contributed by atoms with Gasteiger partial charge in [-0.15, -0.1) is 24.8 Å². The number of hydrogen-bond donors (Lipinski definition) is 3. The fourth-order valence-corrected chi connectivity index (χ4v) is 3.36. The van der Waals surface area contributed by atoms with Crippen LogP contribution in [0.5, 0.6) is 0 Å². The van der Waals surface area contributed by atoms with E-state index in [2.05, 4.69) is 25.8 Å². The predicted molar refractivity (Wildman–Crippen MR) is 105 cm³/mol. The number of rotatable bonds is 7. The van der Waals surface area contributed by atoms with Crippen molar-refractivity contribution in [2.24, 2.45) is 5.92 Å². The third-order valence-electron chi connectivity index (χ3n) is 3.99. The molecule has 1 saturated heterocycles. The maximum absolute atomic E-state index is 12.1. The lowest BCUT2D eigenvalue weighted by Gasteiger charge is -2.09. The second-order valence-electron chi connectivity index (χ2n) is 5.68. The van der Waals surface area contributed by atoms with Gasteiger partial charge in [0.15, 0.2) is 5.16 Å². The SMILES string of the molecule is Cl.Cl.O=C(NCCC1CCNC1)c1ccc(CSc2ncn[nH]2)cc1. The highest BCUT2D eigenvalue weighted by molar-refractivity contribution is 7.98. The highest BCUT2D eigenvalue weighted by atomic mass is 35.5. The molecule has 1 unspecified atom stereocenters. The van der Waals surface area contributed by atoms with Crippen molar-refractivity contribution in [3.05, 3.63) is 41.7 Å². The number of nitrogens with zero attached hydrogens (tertiary/aromatic N) is 2. The van der Waals surface area contributed by atoms with Gasteiger partial charge >= 0.3 is 0 Å². The van der Waals surface area contributed by atoms with Crippen LogP contribution in [0, 0.1) is 5.92 Å². The van der Waals surface area contributed by atoms with Crippen LogP contribution in [0.25, 0.3) is 0 Å². The number of carbonyl (C=O) groups excluding carboxylic acids is 1. The highest BCUT2D eigenvalue weighted by Gasteiger charge is 2.14. The quantitative estimate of drug-likeness (QED) is 0.618. The Morgan fingerprint density at radius 2 is 2.08 bits per heavy atom. The molecule has 1 aliphatic rings. The summed E-state index contributed by atoms with van der Waals surface area (Å²) < 4.78 is 0. The summed E-state index contributed by atoms with van der Waals surface area (Å²) in [6.45, 7) is 2.92. The van der Waals surface area contributed by atoms with Crippen molar-refractivity contribution in [1.29, 1.82) is 0 Å². The smallest absolute Gasteiger partial charge is 0.251 e. The highest BCUT2D eigenvalue weighted by Crippen LogP contribution is 2.18. The molecule has 0 radical (unpaired) electrons. The number of benzene rings is 1. The number of carbonyl (C=O) groups is 1. The van der Waals surface area contributed by atoms with Crippen molar-refractivity contribution in [1.82, 2.24) is 25.8 Å². The van der Waals surface area contributed by atoms with Crippen molar-refractivity contribution >= 4 is 42.5 Å². The summed E-state index contributed by atoms with van der Waals surface area (Å²) in [7, 11) is 0. The Morgan fingerprint density at radius 1 is 1.28 bits per heavy atom. The molecule has 1 aromatic heterocycles. The van der Waals surface area contributed by atoms with E-state index in [1.54, 1.807) is 11.8 Å². The molecule has 138 valence electrons. The summed E-state index contributed by atoms with van der Waals surface area (Å²) in [5.41, 5.74) is 1.86. The number of halogens is 2. The van der Waals surface area contributed by atoms with Crippen LogP contribution in [-0.4, -0.2) is 40.7 Å². The lowest BCUT2D eigenvalue weighted by atomic mass is 10.1. The van der Waals surface area contributed by atoms with Crippen LogP contribution in [0.4, 0.5) is 0 Å². The van der Waals surface area contributed by atoms with Gasteiger partial charge < -0.3 is 10.6 Å². The van der Waals surface area contributed by atoms with Crippen LogP contribution in [0.15, 0.2) is 35.7 Å². The van der Waals surface area contributed by atoms with Gasteiger partial charge in [-0.05, 0) is 49.5 Å². The minimum absolute atomic E-state index is 0. The van der Waals surface area contributed by atoms with Crippen LogP contribution in [-0.2, 0) is 5.75 Å². The number of amides is 1. The topological polar surface area (TPSA) is 82.7 Å². The Balaban J connectivity index is 0.00000156. The van der Waals surface area contributed by atoms with Gasteiger partial charge in [0.1, 0.15) is 6.33 Å². The number of H-pyrrole nitrogens is 1. The zero-order valence-electron chi connectivity index (χ0n) is 13.7. The molecule has 9 heteroatoms. The zero-order valence-corrected chi connectivity index (χ0v) is 16.2. The average Bonchev–Trinajstić information content (AvgIpc) is 3.27. The van der Waals surface area contributed by atoms with Crippen LogP contribution in [0.2, 0.25) is 0 Å². The van der Waals surface area contributed by atoms with Gasteiger partial charge in [0, 0.05) is 17.9 Å². The molecule has 3 N–H and O–H groups in total. The predicted octanol–water partition coefficient (Wildman–Crippen LogP) is 2.67. The van der Waals surface area contributed by atoms with Crippen LogP contribution < -0.4 is 10.6 Å². The molecule has 2 heterocycles. The number of thioether (sulfide) groups is 1. The van der Waals surface area contributed by atoms with Crippen molar-refractivity contribution in [2.45, 2.75) is 23.8 Å². The van der Waals surface area contributed by atoms with E-state index in [9.17, 15) is 4.79 Å². The minimum atomic E-state index is 0. The molecule has 1 amide bonds. The molecule has 25 heavy (non-hydrogen) atoms. The molecule has 0 aliphatic carbocycles. The maximum atomic E-state index is 12.1. The molecule has 1 aromatic carbocycles. The standard InChI is InChI=1S/C16H21N5OS.2ClH/c22-15(18-8-6-12-5-7-17-9-12)14-3-1-13(2-4-14)10-23-16-19-11-20-21-16;;/h1-4,11-12,17H,5-10H2,(H,18,22)(H,19,20,21);2*1H. The van der Waals surface area contributed by atoms with Crippen molar-refractivity contribution in [3.63, 3.8) is 0 Å². The second-order valence-corrected chi connectivity index (χ2v) is 6.64. The summed E-state index contributed by atoms with van der Waals surface area (Å²) in [6.07, 6.45) is 3.76. The minimum Gasteiger partial charge on any atom is -0.352 e. The van der Waals surface area contributed by atoms with Crippen molar-refractivity contribution in [3.8, 4) is 0 Å². The van der Waals surface area contributed by atoms with E-state index in [0.717, 1.165) is 42.5 Å². The molecule has 0 spiro atoms. The number of aromatic amines is 1. The summed E-state index contributed by atoms with van der Waals surface area (Å²) in [4.78, 5) is 16.2. The van der Waals surface area contributed by atoms with Crippen molar-refractivity contribution < 1.29 is 4.79 Å². The second kappa shape index (κ2) is 11.4. The van der Waals surface area contributed by atoms with E-state index in [0.29, 0.717) is 11.5 Å². The molecule has 1 atom stereocenters. The maximum Gasteiger partial charge on any atom is 0.251 e. The number of hydrogen-bond acceptors (Lipinski definition) is 5. The Bertz CT molecular complexity index is 618. The van der Waals surface area contributed by atoms with Crippen LogP contribution >= 0.6 is 36.6 Å². The summed E-state index contributed by atoms with van der Waals surface area (Å²) in [6, 6.07) is 7.73. The largest absolute Gasteiger partial charge is 0.352 e. The Kier molecular flexibility index (Phi) is 9.89. The first kappa shape index (κ1) is 21.8. The summed E-state index contributed by atoms with van der Waals surface area (Å²) in [5, 5.41) is 13.8. The Morgan fingerprint density at radius 3 is 2.72 bits per heavy atom. The Labute approximate surface area is 164 Å². The lowest BCUT2D eigenvalue weighted by molar-refractivity contribution is 0.0951. The first-order valence-electron chi connectivity index (χ1n) is 7.87. The van der Waals surface area contributed by atoms with Crippen molar-refractivity contribution in [2.75, 3.05) is 19.6 Å². The average molecular weight is 404 g/mol. The van der Waals surface area contributed by atoms with E-state index >= 15 is 0 Å². The third-order valence-corrected chi connectivity index (χ3v) is 4.93. The van der Waals surface area contributed by atoms with E-state index in [-0.39, 0.29) is 30.7 Å². The molecule has 3 rings (SSSR count). The summed E-state index contributed by atoms with van der Waals surface area (Å²) in [5.74, 6) is 1.50. The summed E-state index contributed by atoms with van der Waals surface area (Å²) >= 11 is 1.59. The van der Waals surface area contributed by atoms with Gasteiger partial charge in [-0.1, -0.05) is 23.9 Å². The molecule has 1 fully saturated rings. The molecule has 2 aromatic rings. The van der Waals surface area contributed by atoms with E-state index in [1.807, 2.05) is 24.3 Å².